The molecule has 10 aromatic carbocycles. The molecule has 10 aromatic rings. The molecular weight excluding hydrogens is 687 g/mol. The third kappa shape index (κ3) is 5.71. The molecule has 0 N–H and O–H groups in total. The van der Waals surface area contributed by atoms with Crippen LogP contribution in [-0.2, 0) is 0 Å². The van der Waals surface area contributed by atoms with Crippen LogP contribution >= 0.6 is 0 Å². The Balaban J connectivity index is 0.961. The number of fused-ring (bicyclic) bond motifs is 9. The zero-order valence-electron chi connectivity index (χ0n) is 31.5. The zero-order valence-corrected chi connectivity index (χ0v) is 31.5. The Bertz CT molecular complexity index is 3140. The van der Waals surface area contributed by atoms with Gasteiger partial charge in [-0.25, -0.2) is 0 Å². The summed E-state index contributed by atoms with van der Waals surface area (Å²) in [5.74, 6) is 0. The van der Waals surface area contributed by atoms with Gasteiger partial charge in [0.2, 0.25) is 0 Å². The van der Waals surface area contributed by atoms with E-state index in [4.69, 9.17) is 0 Å². The van der Waals surface area contributed by atoms with Gasteiger partial charge in [-0.1, -0.05) is 200 Å². The largest absolute Gasteiger partial charge is 0.334 e. The average molecular weight is 726 g/mol. The predicted molar refractivity (Wildman–Crippen MR) is 245 cm³/mol. The van der Waals surface area contributed by atoms with E-state index in [0.717, 1.165) is 6.42 Å². The summed E-state index contributed by atoms with van der Waals surface area (Å²) in [4.78, 5) is 2.55. The Morgan fingerprint density at radius 1 is 0.386 bits per heavy atom. The lowest BCUT2D eigenvalue weighted by atomic mass is 9.89. The van der Waals surface area contributed by atoms with Gasteiger partial charge in [-0.15, -0.1) is 0 Å². The molecule has 0 amide bonds. The van der Waals surface area contributed by atoms with Crippen molar-refractivity contribution in [2.24, 2.45) is 0 Å². The van der Waals surface area contributed by atoms with Crippen LogP contribution in [0.25, 0.3) is 81.7 Å². The van der Waals surface area contributed by atoms with Crippen molar-refractivity contribution in [1.29, 1.82) is 0 Å². The summed E-state index contributed by atoms with van der Waals surface area (Å²) in [5, 5.41) is 12.9. The highest BCUT2D eigenvalue weighted by Gasteiger charge is 2.24. The number of hydrogen-bond acceptors (Lipinski definition) is 1. The maximum Gasteiger partial charge on any atom is 0.0560 e. The van der Waals surface area contributed by atoms with E-state index >= 15 is 0 Å². The Hall–Kier alpha value is -7.22. The molecule has 0 aliphatic heterocycles. The molecule has 0 spiro atoms. The van der Waals surface area contributed by atoms with Gasteiger partial charge < -0.3 is 4.90 Å². The van der Waals surface area contributed by atoms with Crippen LogP contribution in [0, 0.1) is 0 Å². The fourth-order valence-corrected chi connectivity index (χ4v) is 9.24. The van der Waals surface area contributed by atoms with Gasteiger partial charge in [0.1, 0.15) is 0 Å². The molecule has 0 aromatic heterocycles. The van der Waals surface area contributed by atoms with E-state index in [2.05, 4.69) is 223 Å². The third-order valence-corrected chi connectivity index (χ3v) is 12.0. The van der Waals surface area contributed by atoms with Crippen LogP contribution in [0.2, 0.25) is 0 Å². The quantitative estimate of drug-likeness (QED) is 0.154. The molecule has 0 fully saturated rings. The van der Waals surface area contributed by atoms with Gasteiger partial charge in [-0.2, -0.15) is 0 Å². The molecular formula is C56H39N. The summed E-state index contributed by atoms with van der Waals surface area (Å²) in [6, 6.07) is 73.5. The maximum atomic E-state index is 2.55. The molecule has 1 atom stereocenters. The van der Waals surface area contributed by atoms with Crippen LogP contribution in [0.1, 0.15) is 12.0 Å². The van der Waals surface area contributed by atoms with Crippen molar-refractivity contribution in [3.05, 3.63) is 224 Å². The second kappa shape index (κ2) is 13.8. The lowest BCUT2D eigenvalue weighted by Crippen LogP contribution is -2.30. The van der Waals surface area contributed by atoms with E-state index in [1.165, 1.54) is 98.6 Å². The maximum absolute atomic E-state index is 2.55. The molecule has 0 bridgehead atoms. The van der Waals surface area contributed by atoms with Crippen LogP contribution in [0.4, 0.5) is 11.4 Å². The number of allylic oxidation sites excluding steroid dienone is 2. The minimum atomic E-state index is 0.138. The van der Waals surface area contributed by atoms with Gasteiger partial charge in [0.05, 0.1) is 11.7 Å². The van der Waals surface area contributed by atoms with Crippen LogP contribution in [0.5, 0.6) is 0 Å². The average Bonchev–Trinajstić information content (AvgIpc) is 3.30. The molecule has 0 radical (unpaired) electrons. The lowest BCUT2D eigenvalue weighted by molar-refractivity contribution is 0.790. The summed E-state index contributed by atoms with van der Waals surface area (Å²) in [5.41, 5.74) is 9.85. The van der Waals surface area contributed by atoms with Crippen LogP contribution < -0.4 is 4.90 Å². The Labute approximate surface area is 333 Å². The number of anilines is 2. The monoisotopic (exact) mass is 725 g/mol. The van der Waals surface area contributed by atoms with E-state index in [1.54, 1.807) is 0 Å². The molecule has 1 aliphatic carbocycles. The summed E-state index contributed by atoms with van der Waals surface area (Å²) in [7, 11) is 0. The summed E-state index contributed by atoms with van der Waals surface area (Å²) >= 11 is 0. The smallest absolute Gasteiger partial charge is 0.0560 e. The van der Waals surface area contributed by atoms with Gasteiger partial charge in [0.15, 0.2) is 0 Å². The van der Waals surface area contributed by atoms with Gasteiger partial charge >= 0.3 is 0 Å². The molecule has 1 heteroatoms. The lowest BCUT2D eigenvalue weighted by Gasteiger charge is -2.34. The van der Waals surface area contributed by atoms with E-state index < -0.39 is 0 Å². The third-order valence-electron chi connectivity index (χ3n) is 12.0. The van der Waals surface area contributed by atoms with Crippen molar-refractivity contribution in [3.8, 4) is 22.3 Å². The van der Waals surface area contributed by atoms with E-state index in [0.29, 0.717) is 0 Å². The number of benzene rings is 10. The van der Waals surface area contributed by atoms with Crippen molar-refractivity contribution in [1.82, 2.24) is 0 Å². The highest BCUT2D eigenvalue weighted by atomic mass is 15.2. The predicted octanol–water partition coefficient (Wildman–Crippen LogP) is 15.3. The van der Waals surface area contributed by atoms with E-state index in [9.17, 15) is 0 Å². The first-order valence-corrected chi connectivity index (χ1v) is 20.0. The van der Waals surface area contributed by atoms with Gasteiger partial charge in [-0.3, -0.25) is 0 Å². The molecule has 1 aliphatic rings. The Morgan fingerprint density at radius 2 is 0.895 bits per heavy atom. The van der Waals surface area contributed by atoms with Crippen molar-refractivity contribution in [2.45, 2.75) is 12.5 Å². The van der Waals surface area contributed by atoms with Gasteiger partial charge in [-0.05, 0) is 106 Å². The number of nitrogens with zero attached hydrogens (tertiary/aromatic N) is 1. The van der Waals surface area contributed by atoms with E-state index in [1.807, 2.05) is 0 Å². The standard InChI is InChI=1S/C56H39N/c1-2-13-38(14-3-1)40-29-33-44(34-30-40)57(55-37-43-15-4-5-16-46(43)48-17-8-10-21-52(48)55)45-35-31-41(32-36-45)39-25-27-42(28-26-39)47-23-12-24-54-51-19-7-6-18-49(51)50-20-9-11-22-53(50)56(47)54/h1-35,37,45H,36H2. The first-order chi connectivity index (χ1) is 28.3. The van der Waals surface area contributed by atoms with Crippen LogP contribution in [0.15, 0.2) is 218 Å². The van der Waals surface area contributed by atoms with Gasteiger partial charge in [0.25, 0.3) is 0 Å². The second-order valence-electron chi connectivity index (χ2n) is 15.2. The Kier molecular flexibility index (Phi) is 8.03. The molecule has 57 heavy (non-hydrogen) atoms. The van der Waals surface area contributed by atoms with Crippen molar-refractivity contribution >= 4 is 70.8 Å². The topological polar surface area (TPSA) is 3.24 Å². The van der Waals surface area contributed by atoms with Crippen molar-refractivity contribution in [2.75, 3.05) is 4.90 Å². The fraction of sp³-hybridized carbons (Fsp3) is 0.0357. The molecule has 1 unspecified atom stereocenters. The van der Waals surface area contributed by atoms with Gasteiger partial charge in [0, 0.05) is 11.1 Å². The second-order valence-corrected chi connectivity index (χ2v) is 15.2. The molecule has 268 valence electrons. The summed E-state index contributed by atoms with van der Waals surface area (Å²) in [6.45, 7) is 0. The van der Waals surface area contributed by atoms with Crippen LogP contribution in [-0.4, -0.2) is 6.04 Å². The van der Waals surface area contributed by atoms with Crippen LogP contribution in [0.3, 0.4) is 0 Å². The summed E-state index contributed by atoms with van der Waals surface area (Å²) in [6.07, 6.45) is 8.04. The van der Waals surface area contributed by atoms with Crippen molar-refractivity contribution in [3.63, 3.8) is 0 Å². The highest BCUT2D eigenvalue weighted by molar-refractivity contribution is 6.28. The molecule has 0 saturated carbocycles. The summed E-state index contributed by atoms with van der Waals surface area (Å²) < 4.78 is 0. The normalized spacial score (nSPS) is 14.1. The number of hydrogen-bond donors (Lipinski definition) is 0. The molecule has 0 saturated heterocycles. The number of rotatable bonds is 6. The van der Waals surface area contributed by atoms with Crippen molar-refractivity contribution < 1.29 is 0 Å². The first kappa shape index (κ1) is 33.1. The molecule has 0 heterocycles. The zero-order chi connectivity index (χ0) is 37.7. The fourth-order valence-electron chi connectivity index (χ4n) is 9.24. The highest BCUT2D eigenvalue weighted by Crippen LogP contribution is 2.43. The SMILES string of the molecule is C1=CC(N(c2ccc(-c3ccccc3)cc2)c2cc3ccccc3c3ccccc23)CC=C1c1ccc(-c2cccc3c4ccccc4c4ccccc4c23)cc1. The Morgan fingerprint density at radius 3 is 1.56 bits per heavy atom. The first-order valence-electron chi connectivity index (χ1n) is 20.0. The minimum Gasteiger partial charge on any atom is -0.334 e. The molecule has 1 nitrogen and oxygen atoms in total. The van der Waals surface area contributed by atoms with E-state index in [-0.39, 0.29) is 6.04 Å². The molecule has 11 rings (SSSR count). The minimum absolute atomic E-state index is 0.138.